The second kappa shape index (κ2) is 8.61. The van der Waals surface area contributed by atoms with E-state index in [1.165, 1.54) is 16.7 Å². The molecule has 0 amide bonds. The zero-order valence-electron chi connectivity index (χ0n) is 17.5. The molecule has 5 rings (SSSR count). The minimum Gasteiger partial charge on any atom is -0.396 e. The third kappa shape index (κ3) is 3.84. The summed E-state index contributed by atoms with van der Waals surface area (Å²) in [6, 6.07) is 17.0. The Bertz CT molecular complexity index is 1360. The van der Waals surface area contributed by atoms with Crippen molar-refractivity contribution in [2.75, 3.05) is 11.9 Å². The lowest BCUT2D eigenvalue weighted by Crippen LogP contribution is -2.06. The number of aliphatic hydroxyl groups is 1. The van der Waals surface area contributed by atoms with Crippen LogP contribution in [0.3, 0.4) is 0 Å². The number of benzene rings is 2. The third-order valence-corrected chi connectivity index (χ3v) is 5.62. The van der Waals surface area contributed by atoms with Crippen molar-refractivity contribution in [3.8, 4) is 17.2 Å². The lowest BCUT2D eigenvalue weighted by molar-refractivity contribution is 0.280. The van der Waals surface area contributed by atoms with Gasteiger partial charge in [0.05, 0.1) is 6.33 Å². The van der Waals surface area contributed by atoms with Gasteiger partial charge in [-0.3, -0.25) is 0 Å². The first-order chi connectivity index (χ1) is 15.7. The first-order valence-electron chi connectivity index (χ1n) is 10.6. The lowest BCUT2D eigenvalue weighted by atomic mass is 9.99. The van der Waals surface area contributed by atoms with E-state index >= 15 is 0 Å². The number of hydrogen-bond donors (Lipinski definition) is 2. The van der Waals surface area contributed by atoms with Gasteiger partial charge in [0, 0.05) is 19.7 Å². The second-order valence-corrected chi connectivity index (χ2v) is 7.77. The van der Waals surface area contributed by atoms with Gasteiger partial charge in [0.1, 0.15) is 6.07 Å². The zero-order chi connectivity index (χ0) is 21.9. The maximum Gasteiger partial charge on any atom is 0.236 e. The van der Waals surface area contributed by atoms with Crippen molar-refractivity contribution in [2.45, 2.75) is 25.9 Å². The van der Waals surface area contributed by atoms with Gasteiger partial charge in [-0.25, -0.2) is 4.98 Å². The van der Waals surface area contributed by atoms with Gasteiger partial charge >= 0.3 is 0 Å². The lowest BCUT2D eigenvalue weighted by Gasteiger charge is -2.10. The summed E-state index contributed by atoms with van der Waals surface area (Å²) in [6.45, 7) is 1.20. The minimum atomic E-state index is 0.0812. The van der Waals surface area contributed by atoms with Gasteiger partial charge in [0.2, 0.25) is 5.82 Å². The molecule has 0 bridgehead atoms. The highest BCUT2D eigenvalue weighted by atomic mass is 16.3. The van der Waals surface area contributed by atoms with Crippen LogP contribution in [0.15, 0.2) is 54.9 Å². The summed E-state index contributed by atoms with van der Waals surface area (Å²) in [7, 11) is 0. The van der Waals surface area contributed by atoms with Crippen LogP contribution in [0.4, 0.5) is 5.82 Å². The van der Waals surface area contributed by atoms with Crippen molar-refractivity contribution in [2.24, 2.45) is 0 Å². The fourth-order valence-electron chi connectivity index (χ4n) is 4.00. The Morgan fingerprint density at radius 2 is 2.03 bits per heavy atom. The quantitative estimate of drug-likeness (QED) is 0.468. The number of hydrogen-bond acceptors (Lipinski definition) is 6. The molecule has 2 aromatic heterocycles. The third-order valence-electron chi connectivity index (χ3n) is 5.62. The van der Waals surface area contributed by atoms with Crippen LogP contribution in [-0.2, 0) is 19.5 Å². The van der Waals surface area contributed by atoms with Crippen molar-refractivity contribution in [1.29, 1.82) is 5.26 Å². The van der Waals surface area contributed by atoms with E-state index in [4.69, 9.17) is 5.11 Å². The molecule has 0 spiro atoms. The Morgan fingerprint density at radius 1 is 1.12 bits per heavy atom. The standard InChI is InChI=1S/C25H22N6O/c26-14-22-29-24(23-25(30-22)31(16-28-23)10-3-11-32)27-15-17-4-1-6-19(12-17)21-9-8-18-5-2-7-20(18)13-21/h1-2,4,6-9,12-13,16,32H,3,5,10-11,15H2,(H,27,29,30). The van der Waals surface area contributed by atoms with E-state index in [9.17, 15) is 5.26 Å². The van der Waals surface area contributed by atoms with Gasteiger partial charge in [0.15, 0.2) is 17.0 Å². The van der Waals surface area contributed by atoms with Crippen LogP contribution in [0.1, 0.15) is 28.9 Å². The smallest absolute Gasteiger partial charge is 0.236 e. The Morgan fingerprint density at radius 3 is 2.91 bits per heavy atom. The largest absolute Gasteiger partial charge is 0.396 e. The van der Waals surface area contributed by atoms with Crippen LogP contribution in [0.5, 0.6) is 0 Å². The molecule has 0 unspecified atom stereocenters. The summed E-state index contributed by atoms with van der Waals surface area (Å²) >= 11 is 0. The average Bonchev–Trinajstić information content (AvgIpc) is 3.47. The summed E-state index contributed by atoms with van der Waals surface area (Å²) in [5.41, 5.74) is 7.31. The molecule has 0 radical (unpaired) electrons. The second-order valence-electron chi connectivity index (χ2n) is 7.77. The normalized spacial score (nSPS) is 12.1. The number of nitriles is 1. The predicted octanol–water partition coefficient (Wildman–Crippen LogP) is 3.93. The van der Waals surface area contributed by atoms with E-state index in [1.807, 2.05) is 10.6 Å². The fraction of sp³-hybridized carbons (Fsp3) is 0.200. The SMILES string of the molecule is N#Cc1nc(NCc2cccc(-c3ccc4c(c3)C=CC4)c2)c2ncn(CCCO)c2n1. The Hall–Kier alpha value is -4.02. The Kier molecular flexibility index (Phi) is 5.36. The number of nitrogens with zero attached hydrogens (tertiary/aromatic N) is 5. The van der Waals surface area contributed by atoms with Crippen LogP contribution in [-0.4, -0.2) is 31.2 Å². The number of aryl methyl sites for hydroxylation is 1. The van der Waals surface area contributed by atoms with Crippen LogP contribution < -0.4 is 5.32 Å². The number of aromatic nitrogens is 4. The number of imidazole rings is 1. The average molecular weight is 422 g/mol. The van der Waals surface area contributed by atoms with E-state index in [0.717, 1.165) is 17.5 Å². The molecule has 0 atom stereocenters. The molecule has 0 aliphatic heterocycles. The summed E-state index contributed by atoms with van der Waals surface area (Å²) < 4.78 is 1.84. The highest BCUT2D eigenvalue weighted by molar-refractivity contribution is 5.83. The number of anilines is 1. The van der Waals surface area contributed by atoms with Crippen LogP contribution in [0.25, 0.3) is 28.4 Å². The summed E-state index contributed by atoms with van der Waals surface area (Å²) in [4.78, 5) is 13.1. The molecule has 4 aromatic rings. The van der Waals surface area contributed by atoms with Crippen LogP contribution in [0.2, 0.25) is 0 Å². The van der Waals surface area contributed by atoms with Gasteiger partial charge in [-0.05, 0) is 52.8 Å². The summed E-state index contributed by atoms with van der Waals surface area (Å²) in [6.07, 6.45) is 7.64. The molecule has 1 aliphatic carbocycles. The summed E-state index contributed by atoms with van der Waals surface area (Å²) in [5.74, 6) is 0.619. The molecule has 7 heteroatoms. The maximum absolute atomic E-state index is 9.36. The molecule has 0 saturated heterocycles. The zero-order valence-corrected chi connectivity index (χ0v) is 17.5. The Labute approximate surface area is 185 Å². The first-order valence-corrected chi connectivity index (χ1v) is 10.6. The first kappa shape index (κ1) is 19.9. The van der Waals surface area contributed by atoms with Gasteiger partial charge in [-0.1, -0.05) is 42.5 Å². The van der Waals surface area contributed by atoms with Crippen molar-refractivity contribution in [3.05, 3.63) is 77.4 Å². The van der Waals surface area contributed by atoms with Crippen molar-refractivity contribution >= 4 is 23.1 Å². The molecular weight excluding hydrogens is 400 g/mol. The maximum atomic E-state index is 9.36. The van der Waals surface area contributed by atoms with Crippen molar-refractivity contribution in [3.63, 3.8) is 0 Å². The van der Waals surface area contributed by atoms with E-state index in [2.05, 4.69) is 74.9 Å². The topological polar surface area (TPSA) is 99.7 Å². The van der Waals surface area contributed by atoms with Gasteiger partial charge in [-0.2, -0.15) is 15.2 Å². The molecular formula is C25H22N6O. The number of rotatable bonds is 7. The highest BCUT2D eigenvalue weighted by Crippen LogP contribution is 2.28. The number of aliphatic hydroxyl groups excluding tert-OH is 1. The minimum absolute atomic E-state index is 0.0812. The number of fused-ring (bicyclic) bond motifs is 2. The molecule has 1 aliphatic rings. The van der Waals surface area contributed by atoms with E-state index in [-0.39, 0.29) is 12.4 Å². The monoisotopic (exact) mass is 422 g/mol. The summed E-state index contributed by atoms with van der Waals surface area (Å²) in [5, 5.41) is 21.8. The van der Waals surface area contributed by atoms with Crippen molar-refractivity contribution in [1.82, 2.24) is 19.5 Å². The van der Waals surface area contributed by atoms with Gasteiger partial charge in [0.25, 0.3) is 0 Å². The number of allylic oxidation sites excluding steroid dienone is 1. The van der Waals surface area contributed by atoms with Crippen LogP contribution >= 0.6 is 0 Å². The molecule has 32 heavy (non-hydrogen) atoms. The molecule has 2 aromatic carbocycles. The number of nitrogens with one attached hydrogen (secondary N) is 1. The van der Waals surface area contributed by atoms with Crippen LogP contribution in [0, 0.1) is 11.3 Å². The molecule has 7 nitrogen and oxygen atoms in total. The fourth-order valence-corrected chi connectivity index (χ4v) is 4.00. The van der Waals surface area contributed by atoms with Crippen molar-refractivity contribution < 1.29 is 5.11 Å². The van der Waals surface area contributed by atoms with E-state index < -0.39 is 0 Å². The molecule has 158 valence electrons. The molecule has 2 N–H and O–H groups in total. The molecule has 0 fully saturated rings. The van der Waals surface area contributed by atoms with E-state index in [0.29, 0.717) is 36.5 Å². The molecule has 0 saturated carbocycles. The predicted molar refractivity (Wildman–Crippen MR) is 124 cm³/mol. The van der Waals surface area contributed by atoms with Gasteiger partial charge < -0.3 is 15.0 Å². The Balaban J connectivity index is 1.40. The highest BCUT2D eigenvalue weighted by Gasteiger charge is 2.13. The molecule has 2 heterocycles. The van der Waals surface area contributed by atoms with Gasteiger partial charge in [-0.15, -0.1) is 0 Å². The van der Waals surface area contributed by atoms with E-state index in [1.54, 1.807) is 6.33 Å².